The number of hydrogen-bond acceptors (Lipinski definition) is 6. The molecule has 1 fully saturated rings. The Morgan fingerprint density at radius 1 is 1.14 bits per heavy atom. The largest absolute Gasteiger partial charge is 0.496 e. The summed E-state index contributed by atoms with van der Waals surface area (Å²) in [6.07, 6.45) is 10.3. The van der Waals surface area contributed by atoms with Crippen LogP contribution >= 0.6 is 0 Å². The normalized spacial score (nSPS) is 15.8. The summed E-state index contributed by atoms with van der Waals surface area (Å²) < 4.78 is 13.5. The summed E-state index contributed by atoms with van der Waals surface area (Å²) in [5, 5.41) is 0. The Morgan fingerprint density at radius 2 is 2.03 bits per heavy atom. The lowest BCUT2D eigenvalue weighted by Crippen LogP contribution is -2.39. The Labute approximate surface area is 204 Å². The monoisotopic (exact) mass is 471 g/mol. The molecule has 8 heteroatoms. The third-order valence-corrected chi connectivity index (χ3v) is 6.46. The lowest BCUT2D eigenvalue weighted by atomic mass is 9.97. The molecule has 0 aliphatic carbocycles. The SMILES string of the molecule is CCc1nccn1-c1ccc(C(=O)N2CCCC(c3ncc(Cc4ccccc4OC)o3)C2)cn1. The summed E-state index contributed by atoms with van der Waals surface area (Å²) >= 11 is 0. The molecular weight excluding hydrogens is 442 g/mol. The van der Waals surface area contributed by atoms with Gasteiger partial charge in [0.05, 0.1) is 24.8 Å². The first-order chi connectivity index (χ1) is 17.2. The fourth-order valence-electron chi connectivity index (χ4n) is 4.64. The maximum atomic E-state index is 13.2. The van der Waals surface area contributed by atoms with E-state index in [4.69, 9.17) is 9.15 Å². The van der Waals surface area contributed by atoms with Crippen LogP contribution in [0.3, 0.4) is 0 Å². The maximum absolute atomic E-state index is 13.2. The van der Waals surface area contributed by atoms with Crippen molar-refractivity contribution in [2.24, 2.45) is 0 Å². The van der Waals surface area contributed by atoms with Crippen molar-refractivity contribution in [3.63, 3.8) is 0 Å². The topological polar surface area (TPSA) is 86.3 Å². The van der Waals surface area contributed by atoms with Crippen LogP contribution < -0.4 is 4.74 Å². The van der Waals surface area contributed by atoms with E-state index >= 15 is 0 Å². The van der Waals surface area contributed by atoms with Crippen LogP contribution in [-0.4, -0.2) is 50.5 Å². The van der Waals surface area contributed by atoms with Crippen LogP contribution in [0.15, 0.2) is 65.6 Å². The van der Waals surface area contributed by atoms with E-state index in [2.05, 4.69) is 21.9 Å². The summed E-state index contributed by atoms with van der Waals surface area (Å²) in [7, 11) is 1.67. The molecule has 8 nitrogen and oxygen atoms in total. The van der Waals surface area contributed by atoms with Gasteiger partial charge < -0.3 is 14.1 Å². The summed E-state index contributed by atoms with van der Waals surface area (Å²) in [6, 6.07) is 11.6. The van der Waals surface area contributed by atoms with Gasteiger partial charge in [-0.1, -0.05) is 25.1 Å². The third kappa shape index (κ3) is 4.82. The molecule has 4 heterocycles. The fourth-order valence-corrected chi connectivity index (χ4v) is 4.64. The van der Waals surface area contributed by atoms with Crippen LogP contribution in [0, 0.1) is 0 Å². The number of benzene rings is 1. The van der Waals surface area contributed by atoms with Gasteiger partial charge in [0.1, 0.15) is 23.2 Å². The van der Waals surface area contributed by atoms with Gasteiger partial charge in [-0.2, -0.15) is 0 Å². The fraction of sp³-hybridized carbons (Fsp3) is 0.333. The molecule has 1 atom stereocenters. The van der Waals surface area contributed by atoms with Gasteiger partial charge in [-0.05, 0) is 31.0 Å². The molecule has 1 unspecified atom stereocenters. The highest BCUT2D eigenvalue weighted by Gasteiger charge is 2.28. The zero-order chi connectivity index (χ0) is 24.2. The van der Waals surface area contributed by atoms with E-state index in [-0.39, 0.29) is 11.8 Å². The lowest BCUT2D eigenvalue weighted by Gasteiger charge is -2.31. The van der Waals surface area contributed by atoms with Gasteiger partial charge in [0, 0.05) is 50.1 Å². The molecule has 4 aromatic rings. The molecule has 35 heavy (non-hydrogen) atoms. The number of amides is 1. The highest BCUT2D eigenvalue weighted by atomic mass is 16.5. The number of carbonyl (C=O) groups excluding carboxylic acids is 1. The van der Waals surface area contributed by atoms with Gasteiger partial charge in [-0.3, -0.25) is 9.36 Å². The van der Waals surface area contributed by atoms with Crippen molar-refractivity contribution in [2.75, 3.05) is 20.2 Å². The van der Waals surface area contributed by atoms with E-state index in [0.717, 1.165) is 48.0 Å². The Balaban J connectivity index is 1.26. The molecule has 180 valence electrons. The van der Waals surface area contributed by atoms with Crippen LogP contribution in [0.4, 0.5) is 0 Å². The zero-order valence-electron chi connectivity index (χ0n) is 20.1. The van der Waals surface area contributed by atoms with E-state index in [9.17, 15) is 4.79 Å². The summed E-state index contributed by atoms with van der Waals surface area (Å²) in [4.78, 5) is 28.5. The highest BCUT2D eigenvalue weighted by Crippen LogP contribution is 2.29. The second-order valence-electron chi connectivity index (χ2n) is 8.72. The van der Waals surface area contributed by atoms with Gasteiger partial charge in [0.2, 0.25) is 0 Å². The number of para-hydroxylation sites is 1. The number of carbonyl (C=O) groups is 1. The summed E-state index contributed by atoms with van der Waals surface area (Å²) in [6.45, 7) is 3.35. The molecule has 0 saturated carbocycles. The van der Waals surface area contributed by atoms with E-state index in [1.54, 1.807) is 25.7 Å². The Bertz CT molecular complexity index is 1290. The van der Waals surface area contributed by atoms with Crippen LogP contribution in [0.5, 0.6) is 5.75 Å². The minimum Gasteiger partial charge on any atom is -0.496 e. The Kier molecular flexibility index (Phi) is 6.61. The van der Waals surface area contributed by atoms with Crippen molar-refractivity contribution in [1.29, 1.82) is 0 Å². The molecular formula is C27H29N5O3. The molecule has 0 radical (unpaired) electrons. The number of rotatable bonds is 7. The second-order valence-corrected chi connectivity index (χ2v) is 8.72. The first-order valence-corrected chi connectivity index (χ1v) is 12.0. The van der Waals surface area contributed by atoms with Crippen LogP contribution in [0.2, 0.25) is 0 Å². The summed E-state index contributed by atoms with van der Waals surface area (Å²) in [5.74, 6) is 4.06. The lowest BCUT2D eigenvalue weighted by molar-refractivity contribution is 0.0697. The maximum Gasteiger partial charge on any atom is 0.255 e. The number of aryl methyl sites for hydroxylation is 1. The Hall–Kier alpha value is -3.94. The molecule has 0 spiro atoms. The molecule has 1 saturated heterocycles. The van der Waals surface area contributed by atoms with Crippen molar-refractivity contribution in [1.82, 2.24) is 24.4 Å². The molecule has 1 aromatic carbocycles. The van der Waals surface area contributed by atoms with Crippen molar-refractivity contribution < 1.29 is 13.9 Å². The molecule has 3 aromatic heterocycles. The number of pyridine rings is 1. The smallest absolute Gasteiger partial charge is 0.255 e. The number of nitrogens with zero attached hydrogens (tertiary/aromatic N) is 5. The number of aromatic nitrogens is 4. The molecule has 0 bridgehead atoms. The van der Waals surface area contributed by atoms with Crippen molar-refractivity contribution in [3.05, 3.63) is 89.8 Å². The molecule has 1 amide bonds. The van der Waals surface area contributed by atoms with Crippen molar-refractivity contribution in [3.8, 4) is 11.6 Å². The minimum absolute atomic E-state index is 0.0177. The third-order valence-electron chi connectivity index (χ3n) is 6.46. The number of hydrogen-bond donors (Lipinski definition) is 0. The van der Waals surface area contributed by atoms with E-state index in [1.165, 1.54) is 0 Å². The molecule has 1 aliphatic heterocycles. The van der Waals surface area contributed by atoms with E-state index in [0.29, 0.717) is 31.0 Å². The average Bonchev–Trinajstić information content (AvgIpc) is 3.58. The standard InChI is InChI=1S/C27H29N5O3/c1-3-24-28-12-14-32(24)25-11-10-20(16-29-25)27(33)31-13-6-8-21(18-31)26-30-17-22(35-26)15-19-7-4-5-9-23(19)34-2/h4-5,7,9-12,14,16-17,21H,3,6,8,13,15,18H2,1-2H3. The molecule has 5 rings (SSSR count). The number of piperidine rings is 1. The number of methoxy groups -OCH3 is 1. The van der Waals surface area contributed by atoms with Gasteiger partial charge in [0.25, 0.3) is 5.91 Å². The number of oxazole rings is 1. The first kappa shape index (κ1) is 22.8. The van der Waals surface area contributed by atoms with Gasteiger partial charge in [-0.25, -0.2) is 15.0 Å². The second kappa shape index (κ2) is 10.1. The number of likely N-dealkylation sites (tertiary alicyclic amines) is 1. The average molecular weight is 472 g/mol. The van der Waals surface area contributed by atoms with Crippen molar-refractivity contribution in [2.45, 2.75) is 38.5 Å². The summed E-state index contributed by atoms with van der Waals surface area (Å²) in [5.41, 5.74) is 1.63. The predicted octanol–water partition coefficient (Wildman–Crippen LogP) is 4.44. The number of ether oxygens (including phenoxy) is 1. The molecule has 1 aliphatic rings. The Morgan fingerprint density at radius 3 is 2.83 bits per heavy atom. The van der Waals surface area contributed by atoms with Crippen LogP contribution in [0.25, 0.3) is 5.82 Å². The van der Waals surface area contributed by atoms with E-state index in [1.807, 2.05) is 52.1 Å². The van der Waals surface area contributed by atoms with Gasteiger partial charge >= 0.3 is 0 Å². The predicted molar refractivity (Wildman–Crippen MR) is 131 cm³/mol. The van der Waals surface area contributed by atoms with Crippen LogP contribution in [0.1, 0.15) is 59.1 Å². The zero-order valence-corrected chi connectivity index (χ0v) is 20.1. The first-order valence-electron chi connectivity index (χ1n) is 12.0. The van der Waals surface area contributed by atoms with Gasteiger partial charge in [0.15, 0.2) is 5.89 Å². The quantitative estimate of drug-likeness (QED) is 0.396. The minimum atomic E-state index is -0.0177. The van der Waals surface area contributed by atoms with Crippen LogP contribution in [-0.2, 0) is 12.8 Å². The molecule has 0 N–H and O–H groups in total. The highest BCUT2D eigenvalue weighted by molar-refractivity contribution is 5.94. The van der Waals surface area contributed by atoms with E-state index < -0.39 is 0 Å². The number of imidazole rings is 1. The van der Waals surface area contributed by atoms with Gasteiger partial charge in [-0.15, -0.1) is 0 Å². The van der Waals surface area contributed by atoms with Crippen molar-refractivity contribution >= 4 is 5.91 Å².